The van der Waals surface area contributed by atoms with Gasteiger partial charge in [0.2, 0.25) is 6.79 Å². The van der Waals surface area contributed by atoms with Crippen molar-refractivity contribution < 1.29 is 24.2 Å². The number of carbonyl (C=O) groups excluding carboxylic acids is 2. The van der Waals surface area contributed by atoms with Crippen LogP contribution in [-0.4, -0.2) is 29.4 Å². The minimum atomic E-state index is -0.600. The van der Waals surface area contributed by atoms with Gasteiger partial charge in [-0.05, 0) is 79.1 Å². The highest BCUT2D eigenvalue weighted by atomic mass is 16.7. The first-order chi connectivity index (χ1) is 16.4. The normalized spacial score (nSPS) is 12.9. The van der Waals surface area contributed by atoms with Gasteiger partial charge in [0.15, 0.2) is 11.5 Å². The molecular formula is C26H23N3O5. The molecule has 1 aliphatic rings. The summed E-state index contributed by atoms with van der Waals surface area (Å²) in [7, 11) is 0. The molecular weight excluding hydrogens is 434 g/mol. The second-order valence-electron chi connectivity index (χ2n) is 7.63. The zero-order valence-electron chi connectivity index (χ0n) is 18.7. The minimum Gasteiger partial charge on any atom is -0.508 e. The fourth-order valence-corrected chi connectivity index (χ4v) is 3.25. The van der Waals surface area contributed by atoms with Gasteiger partial charge in [0, 0.05) is 5.56 Å². The summed E-state index contributed by atoms with van der Waals surface area (Å²) in [5.41, 5.74) is 5.51. The summed E-state index contributed by atoms with van der Waals surface area (Å²) in [6, 6.07) is 18.8. The summed E-state index contributed by atoms with van der Waals surface area (Å²) >= 11 is 0. The van der Waals surface area contributed by atoms with Crippen molar-refractivity contribution in [3.05, 3.63) is 94.7 Å². The molecule has 0 spiro atoms. The topological polar surface area (TPSA) is 109 Å². The molecule has 8 nitrogen and oxygen atoms in total. The van der Waals surface area contributed by atoms with Crippen LogP contribution < -0.4 is 20.2 Å². The SMILES string of the molecule is C/C(=N/NC(=O)/C(=C/c1ccc2c(c1)OCO2)NC(=O)c1ccccc1)c1ccc(O)c(C)c1. The van der Waals surface area contributed by atoms with E-state index in [0.29, 0.717) is 33.9 Å². The number of phenolic OH excluding ortho intramolecular Hbond substituents is 1. The van der Waals surface area contributed by atoms with Crippen molar-refractivity contribution >= 4 is 23.6 Å². The van der Waals surface area contributed by atoms with Gasteiger partial charge in [0.1, 0.15) is 11.4 Å². The molecule has 0 radical (unpaired) electrons. The number of aromatic hydroxyl groups is 1. The molecule has 8 heteroatoms. The Morgan fingerprint density at radius 3 is 2.50 bits per heavy atom. The van der Waals surface area contributed by atoms with E-state index in [4.69, 9.17) is 9.47 Å². The molecule has 3 aromatic carbocycles. The van der Waals surface area contributed by atoms with Crippen LogP contribution in [0.3, 0.4) is 0 Å². The summed E-state index contributed by atoms with van der Waals surface area (Å²) in [6.07, 6.45) is 1.54. The monoisotopic (exact) mass is 457 g/mol. The quantitative estimate of drug-likeness (QED) is 0.297. The number of hydrazone groups is 1. The first kappa shape index (κ1) is 22.6. The summed E-state index contributed by atoms with van der Waals surface area (Å²) in [5.74, 6) is 0.313. The molecule has 0 atom stereocenters. The summed E-state index contributed by atoms with van der Waals surface area (Å²) in [6.45, 7) is 3.64. The Hall–Kier alpha value is -4.59. The molecule has 3 aromatic rings. The summed E-state index contributed by atoms with van der Waals surface area (Å²) in [5, 5.41) is 16.5. The maximum Gasteiger partial charge on any atom is 0.287 e. The van der Waals surface area contributed by atoms with Crippen LogP contribution in [0, 0.1) is 6.92 Å². The lowest BCUT2D eigenvalue weighted by Crippen LogP contribution is -2.33. The van der Waals surface area contributed by atoms with E-state index in [1.54, 1.807) is 80.6 Å². The van der Waals surface area contributed by atoms with Gasteiger partial charge in [-0.15, -0.1) is 0 Å². The van der Waals surface area contributed by atoms with Crippen LogP contribution in [0.2, 0.25) is 0 Å². The Morgan fingerprint density at radius 1 is 0.971 bits per heavy atom. The Morgan fingerprint density at radius 2 is 1.74 bits per heavy atom. The second kappa shape index (κ2) is 9.91. The van der Waals surface area contributed by atoms with Crippen molar-refractivity contribution in [1.82, 2.24) is 10.7 Å². The predicted octanol–water partition coefficient (Wildman–Crippen LogP) is 3.74. The number of hydrogen-bond donors (Lipinski definition) is 3. The molecule has 0 saturated carbocycles. The third kappa shape index (κ3) is 5.24. The van der Waals surface area contributed by atoms with Crippen molar-refractivity contribution in [1.29, 1.82) is 0 Å². The number of nitrogens with zero attached hydrogens (tertiary/aromatic N) is 1. The van der Waals surface area contributed by atoms with E-state index in [-0.39, 0.29) is 18.2 Å². The molecule has 0 aliphatic carbocycles. The highest BCUT2D eigenvalue weighted by molar-refractivity contribution is 6.06. The number of aryl methyl sites for hydroxylation is 1. The Labute approximate surface area is 196 Å². The smallest absolute Gasteiger partial charge is 0.287 e. The van der Waals surface area contributed by atoms with E-state index in [1.807, 2.05) is 0 Å². The molecule has 0 unspecified atom stereocenters. The summed E-state index contributed by atoms with van der Waals surface area (Å²) < 4.78 is 10.7. The minimum absolute atomic E-state index is 0.00570. The lowest BCUT2D eigenvalue weighted by atomic mass is 10.1. The van der Waals surface area contributed by atoms with Crippen molar-refractivity contribution in [2.24, 2.45) is 5.10 Å². The van der Waals surface area contributed by atoms with E-state index < -0.39 is 11.8 Å². The first-order valence-electron chi connectivity index (χ1n) is 10.5. The molecule has 1 aliphatic heterocycles. The van der Waals surface area contributed by atoms with E-state index in [0.717, 1.165) is 5.56 Å². The van der Waals surface area contributed by atoms with Crippen LogP contribution in [0.1, 0.15) is 34.0 Å². The van der Waals surface area contributed by atoms with Gasteiger partial charge in [-0.1, -0.05) is 24.3 Å². The number of carbonyl (C=O) groups is 2. The molecule has 0 bridgehead atoms. The number of fused-ring (bicyclic) bond motifs is 1. The van der Waals surface area contributed by atoms with Crippen molar-refractivity contribution in [3.63, 3.8) is 0 Å². The van der Waals surface area contributed by atoms with E-state index >= 15 is 0 Å². The maximum absolute atomic E-state index is 13.0. The van der Waals surface area contributed by atoms with Crippen molar-refractivity contribution in [3.8, 4) is 17.2 Å². The average molecular weight is 457 g/mol. The average Bonchev–Trinajstić information content (AvgIpc) is 3.32. The molecule has 3 N–H and O–H groups in total. The molecule has 0 saturated heterocycles. The van der Waals surface area contributed by atoms with Crippen LogP contribution in [0.15, 0.2) is 77.5 Å². The van der Waals surface area contributed by atoms with Gasteiger partial charge in [-0.2, -0.15) is 5.10 Å². The number of amides is 2. The molecule has 0 aromatic heterocycles. The number of ether oxygens (including phenoxy) is 2. The highest BCUT2D eigenvalue weighted by Gasteiger charge is 2.17. The van der Waals surface area contributed by atoms with Crippen LogP contribution in [0.5, 0.6) is 17.2 Å². The van der Waals surface area contributed by atoms with Gasteiger partial charge in [-0.25, -0.2) is 5.43 Å². The van der Waals surface area contributed by atoms with E-state index in [2.05, 4.69) is 15.8 Å². The number of phenols is 1. The fourth-order valence-electron chi connectivity index (χ4n) is 3.25. The zero-order valence-corrected chi connectivity index (χ0v) is 18.7. The van der Waals surface area contributed by atoms with Crippen molar-refractivity contribution in [2.45, 2.75) is 13.8 Å². The predicted molar refractivity (Wildman–Crippen MR) is 128 cm³/mol. The largest absolute Gasteiger partial charge is 0.508 e. The van der Waals surface area contributed by atoms with E-state index in [9.17, 15) is 14.7 Å². The van der Waals surface area contributed by atoms with Crippen LogP contribution >= 0.6 is 0 Å². The zero-order chi connectivity index (χ0) is 24.1. The molecule has 4 rings (SSSR count). The Kier molecular flexibility index (Phi) is 6.59. The number of hydrogen-bond acceptors (Lipinski definition) is 6. The van der Waals surface area contributed by atoms with Crippen molar-refractivity contribution in [2.75, 3.05) is 6.79 Å². The third-order valence-corrected chi connectivity index (χ3v) is 5.18. The van der Waals surface area contributed by atoms with Gasteiger partial charge in [-0.3, -0.25) is 9.59 Å². The van der Waals surface area contributed by atoms with Gasteiger partial charge < -0.3 is 19.9 Å². The molecule has 2 amide bonds. The number of nitrogens with one attached hydrogen (secondary N) is 2. The Bertz CT molecular complexity index is 1300. The standard InChI is InChI=1S/C26H23N3O5/c1-16-12-20(9-10-22(16)30)17(2)28-29-26(32)21(27-25(31)19-6-4-3-5-7-19)13-18-8-11-23-24(14-18)34-15-33-23/h3-14,30H,15H2,1-2H3,(H,27,31)(H,29,32)/b21-13-,28-17-. The van der Waals surface area contributed by atoms with E-state index in [1.165, 1.54) is 6.08 Å². The van der Waals surface area contributed by atoms with Crippen LogP contribution in [0.4, 0.5) is 0 Å². The van der Waals surface area contributed by atoms with Gasteiger partial charge in [0.05, 0.1) is 5.71 Å². The molecule has 172 valence electrons. The number of benzene rings is 3. The van der Waals surface area contributed by atoms with Gasteiger partial charge in [0.25, 0.3) is 11.8 Å². The van der Waals surface area contributed by atoms with Crippen LogP contribution in [0.25, 0.3) is 6.08 Å². The third-order valence-electron chi connectivity index (χ3n) is 5.18. The number of rotatable bonds is 6. The molecule has 0 fully saturated rings. The van der Waals surface area contributed by atoms with Crippen LogP contribution in [-0.2, 0) is 4.79 Å². The highest BCUT2D eigenvalue weighted by Crippen LogP contribution is 2.33. The summed E-state index contributed by atoms with van der Waals surface area (Å²) in [4.78, 5) is 25.7. The lowest BCUT2D eigenvalue weighted by molar-refractivity contribution is -0.117. The molecule has 34 heavy (non-hydrogen) atoms. The first-order valence-corrected chi connectivity index (χ1v) is 10.5. The van der Waals surface area contributed by atoms with Gasteiger partial charge >= 0.3 is 0 Å². The lowest BCUT2D eigenvalue weighted by Gasteiger charge is -2.10. The second-order valence-corrected chi connectivity index (χ2v) is 7.63. The Balaban J connectivity index is 1.59. The molecule has 1 heterocycles. The fraction of sp³-hybridized carbons (Fsp3) is 0.115. The maximum atomic E-state index is 13.0.